The van der Waals surface area contributed by atoms with E-state index in [1.54, 1.807) is 0 Å². The Morgan fingerprint density at radius 1 is 1.04 bits per heavy atom. The molecule has 6 heteroatoms. The Labute approximate surface area is 168 Å². The van der Waals surface area contributed by atoms with Gasteiger partial charge >= 0.3 is 0 Å². The highest BCUT2D eigenvalue weighted by atomic mass is 79.9. The van der Waals surface area contributed by atoms with Gasteiger partial charge in [0.2, 0.25) is 0 Å². The van der Waals surface area contributed by atoms with Gasteiger partial charge in [0.15, 0.2) is 5.82 Å². The first-order valence-corrected chi connectivity index (χ1v) is 10.2. The maximum absolute atomic E-state index is 4.50. The number of nitrogens with zero attached hydrogens (tertiary/aromatic N) is 4. The first-order valence-electron chi connectivity index (χ1n) is 9.40. The summed E-state index contributed by atoms with van der Waals surface area (Å²) in [5, 5.41) is 16.7. The molecule has 1 aliphatic carbocycles. The number of benzene rings is 2. The first-order chi connectivity index (χ1) is 13.0. The predicted molar refractivity (Wildman–Crippen MR) is 111 cm³/mol. The van der Waals surface area contributed by atoms with E-state index in [9.17, 15) is 0 Å². The van der Waals surface area contributed by atoms with E-state index in [0.717, 1.165) is 47.4 Å². The summed E-state index contributed by atoms with van der Waals surface area (Å²) >= 11 is 3.71. The van der Waals surface area contributed by atoms with Crippen LogP contribution < -0.4 is 5.32 Å². The summed E-state index contributed by atoms with van der Waals surface area (Å²) in [6, 6.07) is 12.7. The van der Waals surface area contributed by atoms with Gasteiger partial charge in [-0.15, -0.1) is 5.10 Å². The highest BCUT2D eigenvalue weighted by Gasteiger charge is 2.41. The maximum Gasteiger partial charge on any atom is 0.181 e. The van der Waals surface area contributed by atoms with Crippen molar-refractivity contribution >= 4 is 21.6 Å². The molecule has 0 bridgehead atoms. The Morgan fingerprint density at radius 3 is 2.41 bits per heavy atom. The number of aromatic nitrogens is 4. The smallest absolute Gasteiger partial charge is 0.181 e. The van der Waals surface area contributed by atoms with Gasteiger partial charge in [-0.2, -0.15) is 4.68 Å². The number of anilines is 1. The molecule has 1 N–H and O–H groups in total. The summed E-state index contributed by atoms with van der Waals surface area (Å²) in [5.41, 5.74) is 5.47. The van der Waals surface area contributed by atoms with Gasteiger partial charge in [-0.3, -0.25) is 0 Å². The van der Waals surface area contributed by atoms with Crippen LogP contribution in [0.15, 0.2) is 40.9 Å². The fourth-order valence-corrected chi connectivity index (χ4v) is 4.73. The molecule has 3 aromatic rings. The molecular formula is C21H24BrN5. The number of halogens is 1. The van der Waals surface area contributed by atoms with E-state index >= 15 is 0 Å². The van der Waals surface area contributed by atoms with Crippen LogP contribution in [0.25, 0.3) is 5.69 Å². The Morgan fingerprint density at radius 2 is 1.74 bits per heavy atom. The van der Waals surface area contributed by atoms with Gasteiger partial charge in [-0.1, -0.05) is 37.1 Å². The van der Waals surface area contributed by atoms with Crippen molar-refractivity contribution in [2.45, 2.75) is 52.0 Å². The fourth-order valence-electron chi connectivity index (χ4n) is 4.14. The molecule has 0 amide bonds. The van der Waals surface area contributed by atoms with E-state index in [1.165, 1.54) is 16.7 Å². The largest absolute Gasteiger partial charge is 0.372 e. The molecule has 1 saturated carbocycles. The predicted octanol–water partition coefficient (Wildman–Crippen LogP) is 5.23. The van der Waals surface area contributed by atoms with Gasteiger partial charge in [0.1, 0.15) is 0 Å². The second-order valence-corrected chi connectivity index (χ2v) is 8.41. The zero-order valence-electron chi connectivity index (χ0n) is 16.0. The third-order valence-corrected chi connectivity index (χ3v) is 6.16. The van der Waals surface area contributed by atoms with Crippen LogP contribution in [0, 0.1) is 20.8 Å². The topological polar surface area (TPSA) is 55.6 Å². The average molecular weight is 426 g/mol. The molecule has 0 radical (unpaired) electrons. The van der Waals surface area contributed by atoms with Crippen LogP contribution in [0.1, 0.15) is 48.2 Å². The van der Waals surface area contributed by atoms with Crippen molar-refractivity contribution in [1.82, 2.24) is 20.2 Å². The van der Waals surface area contributed by atoms with Gasteiger partial charge in [0.05, 0.1) is 11.2 Å². The molecule has 1 heterocycles. The lowest BCUT2D eigenvalue weighted by Gasteiger charge is -2.31. The quantitative estimate of drug-likeness (QED) is 0.621. The van der Waals surface area contributed by atoms with Crippen LogP contribution in [-0.2, 0) is 5.54 Å². The molecule has 2 aromatic carbocycles. The van der Waals surface area contributed by atoms with E-state index in [4.69, 9.17) is 0 Å². The summed E-state index contributed by atoms with van der Waals surface area (Å²) in [7, 11) is 0. The number of rotatable bonds is 4. The zero-order chi connectivity index (χ0) is 19.0. The minimum atomic E-state index is -0.268. The van der Waals surface area contributed by atoms with Crippen LogP contribution in [0.4, 0.5) is 5.69 Å². The normalized spacial score (nSPS) is 15.9. The van der Waals surface area contributed by atoms with Crippen molar-refractivity contribution in [3.63, 3.8) is 0 Å². The van der Waals surface area contributed by atoms with Crippen molar-refractivity contribution in [3.8, 4) is 5.69 Å². The fraction of sp³-hybridized carbons (Fsp3) is 0.381. The number of hydrogen-bond donors (Lipinski definition) is 1. The number of nitrogens with one attached hydrogen (secondary N) is 1. The van der Waals surface area contributed by atoms with Crippen LogP contribution in [0.3, 0.4) is 0 Å². The third-order valence-electron chi connectivity index (χ3n) is 5.50. The highest BCUT2D eigenvalue weighted by Crippen LogP contribution is 2.42. The van der Waals surface area contributed by atoms with Gasteiger partial charge < -0.3 is 5.32 Å². The number of hydrogen-bond acceptors (Lipinski definition) is 4. The van der Waals surface area contributed by atoms with Crippen molar-refractivity contribution < 1.29 is 0 Å². The molecule has 0 aliphatic heterocycles. The molecule has 1 aliphatic rings. The van der Waals surface area contributed by atoms with Gasteiger partial charge in [-0.05, 0) is 88.8 Å². The summed E-state index contributed by atoms with van der Waals surface area (Å²) in [6.07, 6.45) is 4.35. The molecule has 0 atom stereocenters. The molecule has 1 aromatic heterocycles. The van der Waals surface area contributed by atoms with Crippen LogP contribution in [-0.4, -0.2) is 20.2 Å². The second kappa shape index (κ2) is 7.08. The lowest BCUT2D eigenvalue weighted by atomic mass is 9.95. The van der Waals surface area contributed by atoms with Crippen LogP contribution >= 0.6 is 15.9 Å². The van der Waals surface area contributed by atoms with E-state index in [1.807, 2.05) is 4.68 Å². The minimum Gasteiger partial charge on any atom is -0.372 e. The van der Waals surface area contributed by atoms with Crippen molar-refractivity contribution in [2.24, 2.45) is 0 Å². The molecule has 1 fully saturated rings. The maximum atomic E-state index is 4.50. The molecular weight excluding hydrogens is 402 g/mol. The van der Waals surface area contributed by atoms with Crippen molar-refractivity contribution in [1.29, 1.82) is 0 Å². The van der Waals surface area contributed by atoms with Crippen molar-refractivity contribution in [3.05, 3.63) is 63.4 Å². The van der Waals surface area contributed by atoms with Crippen LogP contribution in [0.5, 0.6) is 0 Å². The monoisotopic (exact) mass is 425 g/mol. The average Bonchev–Trinajstić information content (AvgIpc) is 3.28. The third kappa shape index (κ3) is 3.27. The highest BCUT2D eigenvalue weighted by molar-refractivity contribution is 9.10. The van der Waals surface area contributed by atoms with Gasteiger partial charge in [-0.25, -0.2) is 0 Å². The lowest BCUT2D eigenvalue weighted by Crippen LogP contribution is -2.36. The second-order valence-electron chi connectivity index (χ2n) is 7.55. The molecule has 0 unspecified atom stereocenters. The first kappa shape index (κ1) is 18.2. The summed E-state index contributed by atoms with van der Waals surface area (Å²) in [6.45, 7) is 6.32. The Bertz CT molecular complexity index is 952. The van der Waals surface area contributed by atoms with Gasteiger partial charge in [0.25, 0.3) is 0 Å². The SMILES string of the molecule is Cc1ccc(NC2(c3nnnn3-c3c(C)cccc3C)CCCC2)c(Br)c1. The minimum absolute atomic E-state index is 0.268. The van der Waals surface area contributed by atoms with E-state index in [2.05, 4.69) is 93.9 Å². The Hall–Kier alpha value is -2.21. The number of aryl methyl sites for hydroxylation is 3. The van der Waals surface area contributed by atoms with Crippen LogP contribution in [0.2, 0.25) is 0 Å². The lowest BCUT2D eigenvalue weighted by molar-refractivity contribution is 0.460. The van der Waals surface area contributed by atoms with E-state index < -0.39 is 0 Å². The zero-order valence-corrected chi connectivity index (χ0v) is 17.5. The number of tetrazole rings is 1. The molecule has 0 spiro atoms. The summed E-state index contributed by atoms with van der Waals surface area (Å²) < 4.78 is 3.00. The Balaban J connectivity index is 1.82. The molecule has 4 rings (SSSR count). The van der Waals surface area contributed by atoms with E-state index in [-0.39, 0.29) is 5.54 Å². The molecule has 0 saturated heterocycles. The molecule has 5 nitrogen and oxygen atoms in total. The standard InChI is InChI=1S/C21H24BrN5/c1-14-9-10-18(17(22)13-14)23-21(11-4-5-12-21)20-24-25-26-27(20)19-15(2)7-6-8-16(19)3/h6-10,13,23H,4-5,11-12H2,1-3H3. The molecule has 27 heavy (non-hydrogen) atoms. The Kier molecular flexibility index (Phi) is 4.76. The summed E-state index contributed by atoms with van der Waals surface area (Å²) in [4.78, 5) is 0. The number of para-hydroxylation sites is 1. The van der Waals surface area contributed by atoms with Gasteiger partial charge in [0, 0.05) is 10.2 Å². The summed E-state index contributed by atoms with van der Waals surface area (Å²) in [5.74, 6) is 0.893. The molecule has 140 valence electrons. The van der Waals surface area contributed by atoms with Crippen molar-refractivity contribution in [2.75, 3.05) is 5.32 Å². The van der Waals surface area contributed by atoms with E-state index in [0.29, 0.717) is 0 Å².